The third kappa shape index (κ3) is 4.29. The van der Waals surface area contributed by atoms with E-state index in [0.717, 1.165) is 57.1 Å². The van der Waals surface area contributed by atoms with Gasteiger partial charge in [-0.3, -0.25) is 9.00 Å². The molecular formula is C15H28N2O2S. The zero-order chi connectivity index (χ0) is 14.5. The van der Waals surface area contributed by atoms with Gasteiger partial charge in [0.25, 0.3) is 0 Å². The molecule has 0 aromatic rings. The van der Waals surface area contributed by atoms with Crippen molar-refractivity contribution in [3.05, 3.63) is 0 Å². The van der Waals surface area contributed by atoms with Crippen LogP contribution in [0.1, 0.15) is 58.3 Å². The van der Waals surface area contributed by atoms with Crippen LogP contribution in [-0.4, -0.2) is 33.2 Å². The summed E-state index contributed by atoms with van der Waals surface area (Å²) in [4.78, 5) is 12.3. The molecule has 20 heavy (non-hydrogen) atoms. The summed E-state index contributed by atoms with van der Waals surface area (Å²) in [5, 5.41) is 3.46. The molecule has 2 aliphatic rings. The average molecular weight is 300 g/mol. The maximum atomic E-state index is 12.3. The van der Waals surface area contributed by atoms with Gasteiger partial charge in [-0.1, -0.05) is 19.8 Å². The third-order valence-electron chi connectivity index (χ3n) is 4.71. The van der Waals surface area contributed by atoms with E-state index in [1.165, 1.54) is 0 Å². The highest BCUT2D eigenvalue weighted by Gasteiger charge is 2.30. The van der Waals surface area contributed by atoms with Crippen LogP contribution in [0.3, 0.4) is 0 Å². The van der Waals surface area contributed by atoms with E-state index >= 15 is 0 Å². The number of amides is 1. The molecule has 0 heterocycles. The van der Waals surface area contributed by atoms with E-state index in [1.807, 2.05) is 6.92 Å². The topological polar surface area (TPSA) is 72.2 Å². The number of nitrogens with two attached hydrogens (primary N) is 1. The van der Waals surface area contributed by atoms with Crippen LogP contribution in [0.25, 0.3) is 0 Å². The molecule has 0 aliphatic heterocycles. The van der Waals surface area contributed by atoms with Gasteiger partial charge in [0.2, 0.25) is 5.91 Å². The van der Waals surface area contributed by atoms with Crippen molar-refractivity contribution in [3.8, 4) is 0 Å². The van der Waals surface area contributed by atoms with Gasteiger partial charge in [-0.25, -0.2) is 0 Å². The van der Waals surface area contributed by atoms with E-state index in [4.69, 9.17) is 5.73 Å². The van der Waals surface area contributed by atoms with Gasteiger partial charge in [0, 0.05) is 39.8 Å². The molecule has 2 fully saturated rings. The molecule has 1 amide bonds. The predicted molar refractivity (Wildman–Crippen MR) is 82.8 cm³/mol. The fourth-order valence-electron chi connectivity index (χ4n) is 3.54. The highest BCUT2D eigenvalue weighted by atomic mass is 32.2. The number of rotatable bonds is 4. The van der Waals surface area contributed by atoms with Gasteiger partial charge in [0.1, 0.15) is 0 Å². The van der Waals surface area contributed by atoms with Crippen molar-refractivity contribution in [3.63, 3.8) is 0 Å². The van der Waals surface area contributed by atoms with Crippen LogP contribution in [0.4, 0.5) is 0 Å². The van der Waals surface area contributed by atoms with Crippen LogP contribution in [0.2, 0.25) is 0 Å². The van der Waals surface area contributed by atoms with Crippen LogP contribution in [0.5, 0.6) is 0 Å². The van der Waals surface area contributed by atoms with Gasteiger partial charge < -0.3 is 11.1 Å². The van der Waals surface area contributed by atoms with Crippen molar-refractivity contribution < 1.29 is 9.00 Å². The molecule has 5 unspecified atom stereocenters. The largest absolute Gasteiger partial charge is 0.353 e. The molecule has 2 aliphatic carbocycles. The Morgan fingerprint density at radius 3 is 2.65 bits per heavy atom. The first-order chi connectivity index (χ1) is 9.60. The van der Waals surface area contributed by atoms with Crippen LogP contribution < -0.4 is 11.1 Å². The standard InChI is InChI=1S/C15H28N2O2S/c1-2-20(19)14-8-4-7-13(10-14)17-15(18)11-5-3-6-12(16)9-11/h11-14H,2-10,16H2,1H3,(H,17,18). The second-order valence-corrected chi connectivity index (χ2v) is 8.29. The van der Waals surface area contributed by atoms with E-state index in [2.05, 4.69) is 5.32 Å². The molecule has 0 saturated heterocycles. The second kappa shape index (κ2) is 7.55. The molecule has 3 N–H and O–H groups in total. The minimum atomic E-state index is -0.731. The van der Waals surface area contributed by atoms with Gasteiger partial charge in [-0.05, 0) is 38.5 Å². The van der Waals surface area contributed by atoms with Crippen molar-refractivity contribution in [2.24, 2.45) is 11.7 Å². The molecule has 4 nitrogen and oxygen atoms in total. The SMILES string of the molecule is CCS(=O)C1CCCC(NC(=O)C2CCCC(N)C2)C1. The Morgan fingerprint density at radius 2 is 1.95 bits per heavy atom. The average Bonchev–Trinajstić information content (AvgIpc) is 2.46. The Kier molecular flexibility index (Phi) is 6.02. The maximum absolute atomic E-state index is 12.3. The molecule has 116 valence electrons. The summed E-state index contributed by atoms with van der Waals surface area (Å²) in [7, 11) is -0.731. The quantitative estimate of drug-likeness (QED) is 0.830. The molecule has 2 saturated carbocycles. The smallest absolute Gasteiger partial charge is 0.223 e. The highest BCUT2D eigenvalue weighted by molar-refractivity contribution is 7.85. The van der Waals surface area contributed by atoms with Gasteiger partial charge >= 0.3 is 0 Å². The maximum Gasteiger partial charge on any atom is 0.223 e. The minimum Gasteiger partial charge on any atom is -0.353 e. The number of carbonyl (C=O) groups is 1. The lowest BCUT2D eigenvalue weighted by molar-refractivity contribution is -0.127. The predicted octanol–water partition coefficient (Wildman–Crippen LogP) is 1.70. The summed E-state index contributed by atoms with van der Waals surface area (Å²) in [6.07, 6.45) is 7.93. The van der Waals surface area contributed by atoms with Crippen molar-refractivity contribution in [2.75, 3.05) is 5.75 Å². The molecule has 2 rings (SSSR count). The second-order valence-electron chi connectivity index (χ2n) is 6.29. The summed E-state index contributed by atoms with van der Waals surface area (Å²) in [6.45, 7) is 1.97. The fraction of sp³-hybridized carbons (Fsp3) is 0.933. The normalized spacial score (nSPS) is 36.3. The molecule has 0 bridgehead atoms. The van der Waals surface area contributed by atoms with Crippen LogP contribution in [0.15, 0.2) is 0 Å². The summed E-state index contributed by atoms with van der Waals surface area (Å²) in [6, 6.07) is 0.404. The van der Waals surface area contributed by atoms with E-state index in [-0.39, 0.29) is 29.2 Å². The van der Waals surface area contributed by atoms with Crippen LogP contribution >= 0.6 is 0 Å². The van der Waals surface area contributed by atoms with Gasteiger partial charge in [0.05, 0.1) is 0 Å². The van der Waals surface area contributed by atoms with E-state index in [0.29, 0.717) is 0 Å². The molecular weight excluding hydrogens is 272 g/mol. The zero-order valence-electron chi connectivity index (χ0n) is 12.5. The van der Waals surface area contributed by atoms with Crippen LogP contribution in [-0.2, 0) is 15.6 Å². The Bertz CT molecular complexity index is 362. The first-order valence-electron chi connectivity index (χ1n) is 8.03. The van der Waals surface area contributed by atoms with Crippen molar-refractivity contribution in [1.82, 2.24) is 5.32 Å². The minimum absolute atomic E-state index is 0.0933. The highest BCUT2D eigenvalue weighted by Crippen LogP contribution is 2.26. The molecule has 0 radical (unpaired) electrons. The summed E-state index contributed by atoms with van der Waals surface area (Å²) >= 11 is 0. The molecule has 0 aromatic carbocycles. The first kappa shape index (κ1) is 16.0. The lowest BCUT2D eigenvalue weighted by atomic mass is 9.85. The van der Waals surface area contributed by atoms with E-state index in [1.54, 1.807) is 0 Å². The Labute approximate surface area is 124 Å². The molecule has 0 spiro atoms. The van der Waals surface area contributed by atoms with Crippen molar-refractivity contribution in [1.29, 1.82) is 0 Å². The van der Waals surface area contributed by atoms with Gasteiger partial charge in [-0.15, -0.1) is 0 Å². The van der Waals surface area contributed by atoms with Crippen molar-refractivity contribution >= 4 is 16.7 Å². The summed E-state index contributed by atoms with van der Waals surface area (Å²) in [5.41, 5.74) is 5.96. The Morgan fingerprint density at radius 1 is 1.20 bits per heavy atom. The Hall–Kier alpha value is -0.420. The molecule has 5 heteroatoms. The van der Waals surface area contributed by atoms with Crippen molar-refractivity contribution in [2.45, 2.75) is 75.6 Å². The van der Waals surface area contributed by atoms with E-state index in [9.17, 15) is 9.00 Å². The van der Waals surface area contributed by atoms with E-state index < -0.39 is 10.8 Å². The molecule has 0 aromatic heterocycles. The zero-order valence-corrected chi connectivity index (χ0v) is 13.3. The van der Waals surface area contributed by atoms with Gasteiger partial charge in [-0.2, -0.15) is 0 Å². The number of nitrogens with one attached hydrogen (secondary N) is 1. The lowest BCUT2D eigenvalue weighted by Gasteiger charge is -2.32. The number of carbonyl (C=O) groups excluding carboxylic acids is 1. The first-order valence-corrected chi connectivity index (χ1v) is 9.41. The number of hydrogen-bond donors (Lipinski definition) is 2. The third-order valence-corrected chi connectivity index (χ3v) is 6.46. The fourth-order valence-corrected chi connectivity index (χ4v) is 4.88. The summed E-state index contributed by atoms with van der Waals surface area (Å²) < 4.78 is 11.9. The molecule has 5 atom stereocenters. The lowest BCUT2D eigenvalue weighted by Crippen LogP contribution is -2.45. The number of hydrogen-bond acceptors (Lipinski definition) is 3. The summed E-state index contributed by atoms with van der Waals surface area (Å²) in [5.74, 6) is 0.992. The van der Waals surface area contributed by atoms with Crippen LogP contribution in [0, 0.1) is 5.92 Å². The monoisotopic (exact) mass is 300 g/mol. The Balaban J connectivity index is 1.82. The van der Waals surface area contributed by atoms with Gasteiger partial charge in [0.15, 0.2) is 0 Å².